The minimum absolute atomic E-state index is 0.00863. The second kappa shape index (κ2) is 29.4. The molecule has 4 heterocycles. The third-order valence-electron chi connectivity index (χ3n) is 13.8. The molecule has 7 aromatic rings. The van der Waals surface area contributed by atoms with Crippen molar-refractivity contribution in [2.45, 2.75) is 32.6 Å². The highest BCUT2D eigenvalue weighted by molar-refractivity contribution is 5.96. The first-order valence-corrected chi connectivity index (χ1v) is 27.4. The van der Waals surface area contributed by atoms with Crippen LogP contribution < -0.4 is 32.4 Å². The number of carbonyl (C=O) groups excluding carboxylic acids is 3. The number of halogens is 6. The maximum atomic E-state index is 14.0. The first-order valence-electron chi connectivity index (χ1n) is 27.4. The average molecular weight is 1220 g/mol. The number of benzene rings is 3. The van der Waals surface area contributed by atoms with Gasteiger partial charge in [0.05, 0.1) is 123 Å². The van der Waals surface area contributed by atoms with Crippen LogP contribution in [0, 0.1) is 42.4 Å². The minimum Gasteiger partial charge on any atom is -0.377 e. The van der Waals surface area contributed by atoms with Gasteiger partial charge in [-0.05, 0) is 111 Å². The van der Waals surface area contributed by atoms with Crippen molar-refractivity contribution in [3.05, 3.63) is 188 Å². The number of ether oxygens (including phenoxy) is 4. The lowest BCUT2D eigenvalue weighted by atomic mass is 9.96. The van der Waals surface area contributed by atoms with Gasteiger partial charge in [-0.2, -0.15) is 47.1 Å². The minimum atomic E-state index is -4.71. The zero-order valence-corrected chi connectivity index (χ0v) is 47.4. The first-order chi connectivity index (χ1) is 42.3. The SMILES string of the molecule is Cc1c(-c2ccnn2-c2ccc(C#N)cc2)cc(C(=O)NCCOCCOCCNC(=O)NCCOCCOCCNC(=O)c2cc(-c3ccnn3-c3ccc(C#N)cc3)c(C)n(-c3cccc(C(F)(F)F)c3)c2=O)c(=O)n1C1=CC=CC(C(F)(F)F)C1. The summed E-state index contributed by atoms with van der Waals surface area (Å²) < 4.78 is 110. The number of carbonyl (C=O) groups is 3. The summed E-state index contributed by atoms with van der Waals surface area (Å²) >= 11 is 0. The highest BCUT2D eigenvalue weighted by Gasteiger charge is 2.40. The number of nitriles is 2. The highest BCUT2D eigenvalue weighted by atomic mass is 19.4. The van der Waals surface area contributed by atoms with E-state index in [4.69, 9.17) is 18.9 Å². The van der Waals surface area contributed by atoms with Crippen LogP contribution in [0.1, 0.15) is 55.2 Å². The van der Waals surface area contributed by atoms with Crippen LogP contribution in [0.3, 0.4) is 0 Å². The van der Waals surface area contributed by atoms with Crippen molar-refractivity contribution >= 4 is 23.5 Å². The zero-order chi connectivity index (χ0) is 63.0. The Morgan fingerprint density at radius 3 is 1.47 bits per heavy atom. The van der Waals surface area contributed by atoms with Crippen LogP contribution in [0.25, 0.3) is 45.3 Å². The predicted molar refractivity (Wildman–Crippen MR) is 309 cm³/mol. The number of hydrogen-bond donors (Lipinski definition) is 4. The number of hydrogen-bond acceptors (Lipinski definition) is 13. The first kappa shape index (κ1) is 64.1. The molecule has 4 amide bonds. The number of rotatable bonds is 26. The number of nitrogens with one attached hydrogen (secondary N) is 4. The normalized spacial score (nSPS) is 13.1. The van der Waals surface area contributed by atoms with E-state index in [0.717, 1.165) is 27.3 Å². The number of allylic oxidation sites excluding steroid dienone is 4. The molecule has 1 aliphatic rings. The van der Waals surface area contributed by atoms with Gasteiger partial charge in [0.25, 0.3) is 22.9 Å². The lowest BCUT2D eigenvalue weighted by molar-refractivity contribution is -0.160. The molecule has 0 saturated heterocycles. The molecule has 0 radical (unpaired) electrons. The molecule has 1 aliphatic carbocycles. The molecule has 4 aromatic heterocycles. The van der Waals surface area contributed by atoms with E-state index in [1.54, 1.807) is 74.5 Å². The second-order valence-electron chi connectivity index (χ2n) is 19.6. The Balaban J connectivity index is 0.723. The topological polar surface area (TPSA) is 263 Å². The third kappa shape index (κ3) is 15.9. The fraction of sp³-hybridized carbons (Fsp3) is 0.295. The summed E-state index contributed by atoms with van der Waals surface area (Å²) in [7, 11) is 0. The molecule has 27 heteroatoms. The van der Waals surface area contributed by atoms with Gasteiger partial charge in [0.15, 0.2) is 0 Å². The van der Waals surface area contributed by atoms with E-state index in [0.29, 0.717) is 45.0 Å². The number of urea groups is 1. The van der Waals surface area contributed by atoms with Crippen LogP contribution in [0.4, 0.5) is 31.1 Å². The van der Waals surface area contributed by atoms with Gasteiger partial charge in [-0.1, -0.05) is 18.2 Å². The Hall–Kier alpha value is -9.93. The summed E-state index contributed by atoms with van der Waals surface area (Å²) in [4.78, 5) is 67.5. The van der Waals surface area contributed by atoms with E-state index in [1.807, 2.05) is 12.1 Å². The Kier molecular flexibility index (Phi) is 21.4. The molecule has 21 nitrogen and oxygen atoms in total. The maximum Gasteiger partial charge on any atom is 0.416 e. The molecule has 0 aliphatic heterocycles. The van der Waals surface area contributed by atoms with Gasteiger partial charge in [0, 0.05) is 66.5 Å². The molecule has 1 unspecified atom stereocenters. The molecule has 88 heavy (non-hydrogen) atoms. The lowest BCUT2D eigenvalue weighted by Crippen LogP contribution is -2.39. The summed E-state index contributed by atoms with van der Waals surface area (Å²) in [6.07, 6.45) is -3.19. The van der Waals surface area contributed by atoms with Gasteiger partial charge in [0.1, 0.15) is 11.1 Å². The van der Waals surface area contributed by atoms with E-state index in [-0.39, 0.29) is 113 Å². The number of amides is 4. The van der Waals surface area contributed by atoms with Crippen LogP contribution in [-0.2, 0) is 25.1 Å². The Labute approximate surface area is 499 Å². The fourth-order valence-corrected chi connectivity index (χ4v) is 9.41. The Morgan fingerprint density at radius 1 is 0.580 bits per heavy atom. The van der Waals surface area contributed by atoms with Crippen molar-refractivity contribution < 1.29 is 59.7 Å². The summed E-state index contributed by atoms with van der Waals surface area (Å²) in [6.45, 7) is 4.15. The van der Waals surface area contributed by atoms with Gasteiger partial charge < -0.3 is 40.2 Å². The molecule has 4 N–H and O–H groups in total. The van der Waals surface area contributed by atoms with Gasteiger partial charge in [-0.3, -0.25) is 28.3 Å². The fourth-order valence-electron chi connectivity index (χ4n) is 9.41. The molecule has 0 spiro atoms. The van der Waals surface area contributed by atoms with Crippen LogP contribution in [0.2, 0.25) is 0 Å². The van der Waals surface area contributed by atoms with E-state index < -0.39 is 59.2 Å². The van der Waals surface area contributed by atoms with E-state index in [1.165, 1.54) is 58.2 Å². The van der Waals surface area contributed by atoms with Crippen LogP contribution >= 0.6 is 0 Å². The zero-order valence-electron chi connectivity index (χ0n) is 47.4. The van der Waals surface area contributed by atoms with Gasteiger partial charge in [-0.25, -0.2) is 14.2 Å². The molecular weight excluding hydrogens is 1160 g/mol. The Morgan fingerprint density at radius 2 is 1.02 bits per heavy atom. The van der Waals surface area contributed by atoms with Crippen molar-refractivity contribution in [1.29, 1.82) is 10.5 Å². The van der Waals surface area contributed by atoms with Crippen molar-refractivity contribution in [2.24, 2.45) is 5.92 Å². The van der Waals surface area contributed by atoms with Crippen molar-refractivity contribution in [1.82, 2.24) is 50.0 Å². The van der Waals surface area contributed by atoms with Crippen LogP contribution in [0.5, 0.6) is 0 Å². The third-order valence-corrected chi connectivity index (χ3v) is 13.8. The number of nitrogens with zero attached hydrogens (tertiary/aromatic N) is 8. The van der Waals surface area contributed by atoms with Crippen LogP contribution in [-0.4, -0.2) is 132 Å². The molecule has 0 bridgehead atoms. The Bertz CT molecular complexity index is 3910. The highest BCUT2D eigenvalue weighted by Crippen LogP contribution is 2.37. The summed E-state index contributed by atoms with van der Waals surface area (Å²) in [5.74, 6) is -3.44. The summed E-state index contributed by atoms with van der Waals surface area (Å²) in [5.41, 5.74) is 0.507. The van der Waals surface area contributed by atoms with E-state index in [9.17, 15) is 60.8 Å². The summed E-state index contributed by atoms with van der Waals surface area (Å²) in [5, 5.41) is 37.9. The number of alkyl halides is 6. The molecule has 3 aromatic carbocycles. The molecular formula is C61H58F6N12O9. The largest absolute Gasteiger partial charge is 0.416 e. The second-order valence-corrected chi connectivity index (χ2v) is 19.6. The van der Waals surface area contributed by atoms with Crippen molar-refractivity contribution in [2.75, 3.05) is 79.0 Å². The standard InChI is InChI=1S/C61H58F6N12O9/c1-39-49(53-17-19-74-78(53)45-13-9-41(37-68)10-14-45)35-51(57(82)76(39)47-7-3-5-43(33-47)60(62,63)64)55(80)70-21-25-85-29-31-87-27-23-72-59(84)73-24-28-88-32-30-86-26-22-71-56(81)52-36-50(54-18-20-75-79(54)46-15-11-42(38-69)12-16-46)40(2)77(58(52)83)48-8-4-6-44(34-48)61(65,66)67/h3-20,33,35-36,44H,21-32,34H2,1-2H3,(H,70,80)(H,71,81)(H2,72,73,84). The lowest BCUT2D eigenvalue weighted by Gasteiger charge is -2.25. The molecule has 0 saturated carbocycles. The summed E-state index contributed by atoms with van der Waals surface area (Å²) in [6, 6.07) is 26.8. The van der Waals surface area contributed by atoms with Crippen molar-refractivity contribution in [3.8, 4) is 51.7 Å². The predicted octanol–water partition coefficient (Wildman–Crippen LogP) is 7.59. The van der Waals surface area contributed by atoms with Gasteiger partial charge >= 0.3 is 18.4 Å². The smallest absolute Gasteiger partial charge is 0.377 e. The molecule has 8 rings (SSSR count). The quantitative estimate of drug-likeness (QED) is 0.0301. The van der Waals surface area contributed by atoms with E-state index in [2.05, 4.69) is 31.5 Å². The van der Waals surface area contributed by atoms with Crippen molar-refractivity contribution in [3.63, 3.8) is 0 Å². The monoisotopic (exact) mass is 1220 g/mol. The molecule has 458 valence electrons. The number of pyridine rings is 2. The number of aromatic nitrogens is 6. The average Bonchev–Trinajstić information content (AvgIpc) is 1.58. The van der Waals surface area contributed by atoms with Gasteiger partial charge in [0.2, 0.25) is 0 Å². The van der Waals surface area contributed by atoms with Gasteiger partial charge in [-0.15, -0.1) is 0 Å². The van der Waals surface area contributed by atoms with Crippen LogP contribution in [0.15, 0.2) is 137 Å². The maximum absolute atomic E-state index is 14.0. The molecule has 1 atom stereocenters. The van der Waals surface area contributed by atoms with E-state index >= 15 is 0 Å². The molecule has 0 fully saturated rings.